The summed E-state index contributed by atoms with van der Waals surface area (Å²) in [7, 11) is 0. The number of likely N-dealkylation sites (tertiary alicyclic amines) is 1. The zero-order valence-corrected chi connectivity index (χ0v) is 14.5. The topological polar surface area (TPSA) is 68.5 Å². The molecule has 7 heteroatoms. The molecule has 2 N–H and O–H groups in total. The van der Waals surface area contributed by atoms with E-state index < -0.39 is 5.60 Å². The standard InChI is InChI=1S/C15H21Cl2N3O2/c1-15(2,3)22-14(21)20-6-4-9(5-7-20)12-11(18)8-10(16)13(17)19-12/h8-9H,4-7,18H2,1-3H3. The van der Waals surface area contributed by atoms with Crippen LogP contribution in [0, 0.1) is 0 Å². The minimum Gasteiger partial charge on any atom is -0.444 e. The monoisotopic (exact) mass is 345 g/mol. The molecule has 1 aromatic heterocycles. The number of amides is 1. The van der Waals surface area contributed by atoms with Crippen LogP contribution in [0.2, 0.25) is 10.2 Å². The maximum absolute atomic E-state index is 12.0. The Hall–Kier alpha value is -1.20. The molecule has 2 heterocycles. The van der Waals surface area contributed by atoms with Gasteiger partial charge in [-0.15, -0.1) is 0 Å². The number of ether oxygens (including phenoxy) is 1. The van der Waals surface area contributed by atoms with Crippen molar-refractivity contribution in [3.05, 3.63) is 21.9 Å². The van der Waals surface area contributed by atoms with Crippen molar-refractivity contribution in [2.75, 3.05) is 18.8 Å². The highest BCUT2D eigenvalue weighted by molar-refractivity contribution is 6.41. The molecule has 0 aliphatic carbocycles. The summed E-state index contributed by atoms with van der Waals surface area (Å²) in [5.41, 5.74) is 6.81. The lowest BCUT2D eigenvalue weighted by Gasteiger charge is -2.33. The number of carbonyl (C=O) groups excluding carboxylic acids is 1. The van der Waals surface area contributed by atoms with E-state index in [0.717, 1.165) is 18.5 Å². The van der Waals surface area contributed by atoms with Crippen LogP contribution in [0.15, 0.2) is 6.07 Å². The van der Waals surface area contributed by atoms with Crippen LogP contribution in [0.1, 0.15) is 45.2 Å². The van der Waals surface area contributed by atoms with E-state index in [1.54, 1.807) is 11.0 Å². The molecule has 1 amide bonds. The average Bonchev–Trinajstić information content (AvgIpc) is 2.41. The molecule has 0 atom stereocenters. The Morgan fingerprint density at radius 1 is 1.36 bits per heavy atom. The minimum atomic E-state index is -0.483. The van der Waals surface area contributed by atoms with Gasteiger partial charge in [0.1, 0.15) is 10.8 Å². The number of hydrogen-bond donors (Lipinski definition) is 1. The number of carbonyl (C=O) groups is 1. The Morgan fingerprint density at radius 3 is 2.50 bits per heavy atom. The number of rotatable bonds is 1. The molecule has 0 saturated carbocycles. The predicted octanol–water partition coefficient (Wildman–Crippen LogP) is 4.09. The third-order valence-electron chi connectivity index (χ3n) is 3.53. The number of halogens is 2. The average molecular weight is 346 g/mol. The first kappa shape index (κ1) is 17.2. The van der Waals surface area contributed by atoms with Crippen molar-refractivity contribution in [3.63, 3.8) is 0 Å². The van der Waals surface area contributed by atoms with E-state index >= 15 is 0 Å². The van der Waals surface area contributed by atoms with Gasteiger partial charge in [-0.25, -0.2) is 9.78 Å². The number of piperidine rings is 1. The van der Waals surface area contributed by atoms with Gasteiger partial charge in [-0.1, -0.05) is 23.2 Å². The van der Waals surface area contributed by atoms with E-state index in [1.165, 1.54) is 0 Å². The van der Waals surface area contributed by atoms with E-state index in [-0.39, 0.29) is 17.2 Å². The number of nitrogen functional groups attached to an aromatic ring is 1. The van der Waals surface area contributed by atoms with Gasteiger partial charge in [-0.05, 0) is 39.7 Å². The molecule has 122 valence electrons. The smallest absolute Gasteiger partial charge is 0.410 e. The first-order valence-corrected chi connectivity index (χ1v) is 8.02. The number of pyridine rings is 1. The van der Waals surface area contributed by atoms with Gasteiger partial charge >= 0.3 is 6.09 Å². The molecule has 1 aromatic rings. The summed E-state index contributed by atoms with van der Waals surface area (Å²) in [5, 5.41) is 0.620. The maximum Gasteiger partial charge on any atom is 0.410 e. The van der Waals surface area contributed by atoms with Crippen molar-refractivity contribution in [2.24, 2.45) is 0 Å². The molecule has 1 fully saturated rings. The lowest BCUT2D eigenvalue weighted by molar-refractivity contribution is 0.0204. The summed E-state index contributed by atoms with van der Waals surface area (Å²) in [6, 6.07) is 1.63. The number of hydrogen-bond acceptors (Lipinski definition) is 4. The van der Waals surface area contributed by atoms with Gasteiger partial charge < -0.3 is 15.4 Å². The zero-order chi connectivity index (χ0) is 16.5. The summed E-state index contributed by atoms with van der Waals surface area (Å²) >= 11 is 11.9. The highest BCUT2D eigenvalue weighted by atomic mass is 35.5. The summed E-state index contributed by atoms with van der Waals surface area (Å²) < 4.78 is 5.38. The molecule has 0 spiro atoms. The molecule has 5 nitrogen and oxygen atoms in total. The minimum absolute atomic E-state index is 0.174. The molecule has 0 unspecified atom stereocenters. The van der Waals surface area contributed by atoms with Gasteiger partial charge in [0.05, 0.1) is 16.4 Å². The molecule has 0 bridgehead atoms. The van der Waals surface area contributed by atoms with Crippen LogP contribution in [0.4, 0.5) is 10.5 Å². The van der Waals surface area contributed by atoms with Crippen LogP contribution in [0.3, 0.4) is 0 Å². The van der Waals surface area contributed by atoms with Gasteiger partial charge in [-0.2, -0.15) is 0 Å². The van der Waals surface area contributed by atoms with Crippen molar-refractivity contribution < 1.29 is 9.53 Å². The Morgan fingerprint density at radius 2 is 1.95 bits per heavy atom. The van der Waals surface area contributed by atoms with Crippen molar-refractivity contribution >= 4 is 35.0 Å². The Bertz CT molecular complexity index is 565. The number of nitrogens with zero attached hydrogens (tertiary/aromatic N) is 2. The highest BCUT2D eigenvalue weighted by Gasteiger charge is 2.29. The molecule has 0 aromatic carbocycles. The number of aromatic nitrogens is 1. The van der Waals surface area contributed by atoms with Crippen molar-refractivity contribution in [1.29, 1.82) is 0 Å². The third-order valence-corrected chi connectivity index (χ3v) is 4.20. The van der Waals surface area contributed by atoms with Crippen LogP contribution in [-0.4, -0.2) is 34.7 Å². The first-order valence-electron chi connectivity index (χ1n) is 7.26. The van der Waals surface area contributed by atoms with Crippen LogP contribution >= 0.6 is 23.2 Å². The Labute approximate surface area is 140 Å². The summed E-state index contributed by atoms with van der Waals surface area (Å²) in [6.45, 7) is 6.80. The van der Waals surface area contributed by atoms with Gasteiger partial charge in [-0.3, -0.25) is 0 Å². The predicted molar refractivity (Wildman–Crippen MR) is 88.5 cm³/mol. The van der Waals surface area contributed by atoms with Gasteiger partial charge in [0.15, 0.2) is 0 Å². The van der Waals surface area contributed by atoms with Crippen LogP contribution in [-0.2, 0) is 4.74 Å². The van der Waals surface area contributed by atoms with Crippen molar-refractivity contribution in [2.45, 2.75) is 45.1 Å². The van der Waals surface area contributed by atoms with Crippen LogP contribution < -0.4 is 5.73 Å². The summed E-state index contributed by atoms with van der Waals surface area (Å²) in [6.07, 6.45) is 1.27. The molecule has 2 rings (SSSR count). The van der Waals surface area contributed by atoms with Crippen molar-refractivity contribution in [1.82, 2.24) is 9.88 Å². The number of anilines is 1. The Balaban J connectivity index is 2.01. The molecule has 22 heavy (non-hydrogen) atoms. The fourth-order valence-electron chi connectivity index (χ4n) is 2.48. The Kier molecular flexibility index (Phi) is 5.07. The zero-order valence-electron chi connectivity index (χ0n) is 13.0. The molecular formula is C15H21Cl2N3O2. The van der Waals surface area contributed by atoms with Gasteiger partial charge in [0.2, 0.25) is 0 Å². The van der Waals surface area contributed by atoms with E-state index in [9.17, 15) is 4.79 Å². The van der Waals surface area contributed by atoms with E-state index in [2.05, 4.69) is 4.98 Å². The number of nitrogens with two attached hydrogens (primary N) is 1. The van der Waals surface area contributed by atoms with Gasteiger partial charge in [0.25, 0.3) is 0 Å². The SMILES string of the molecule is CC(C)(C)OC(=O)N1CCC(c2nc(Cl)c(Cl)cc2N)CC1. The second-order valence-electron chi connectivity index (χ2n) is 6.48. The maximum atomic E-state index is 12.0. The second-order valence-corrected chi connectivity index (χ2v) is 7.24. The molecule has 1 saturated heterocycles. The van der Waals surface area contributed by atoms with E-state index in [4.69, 9.17) is 33.7 Å². The summed E-state index contributed by atoms with van der Waals surface area (Å²) in [4.78, 5) is 18.1. The fourth-order valence-corrected chi connectivity index (χ4v) is 2.79. The fraction of sp³-hybridized carbons (Fsp3) is 0.600. The lowest BCUT2D eigenvalue weighted by Crippen LogP contribution is -2.41. The largest absolute Gasteiger partial charge is 0.444 e. The van der Waals surface area contributed by atoms with Gasteiger partial charge in [0, 0.05) is 19.0 Å². The van der Waals surface area contributed by atoms with Crippen molar-refractivity contribution in [3.8, 4) is 0 Å². The second kappa shape index (κ2) is 6.50. The van der Waals surface area contributed by atoms with E-state index in [0.29, 0.717) is 23.8 Å². The normalized spacial score (nSPS) is 16.7. The molecule has 0 radical (unpaired) electrons. The summed E-state index contributed by atoms with van der Waals surface area (Å²) in [5.74, 6) is 0.174. The van der Waals surface area contributed by atoms with Crippen LogP contribution in [0.5, 0.6) is 0 Å². The highest BCUT2D eigenvalue weighted by Crippen LogP contribution is 2.34. The van der Waals surface area contributed by atoms with E-state index in [1.807, 2.05) is 20.8 Å². The van der Waals surface area contributed by atoms with Crippen LogP contribution in [0.25, 0.3) is 0 Å². The quantitative estimate of drug-likeness (QED) is 0.778. The first-order chi connectivity index (χ1) is 10.2. The molecule has 1 aliphatic rings. The third kappa shape index (κ3) is 4.17. The molecule has 1 aliphatic heterocycles. The lowest BCUT2D eigenvalue weighted by atomic mass is 9.92. The molecular weight excluding hydrogens is 325 g/mol.